The van der Waals surface area contributed by atoms with Crippen LogP contribution in [0.5, 0.6) is 5.75 Å². The number of hydrogen-bond acceptors (Lipinski definition) is 3. The van der Waals surface area contributed by atoms with Gasteiger partial charge in [-0.25, -0.2) is 0 Å². The Morgan fingerprint density at radius 1 is 1.05 bits per heavy atom. The van der Waals surface area contributed by atoms with Gasteiger partial charge in [0.05, 0.1) is 18.2 Å². The van der Waals surface area contributed by atoms with Crippen molar-refractivity contribution in [3.63, 3.8) is 0 Å². The van der Waals surface area contributed by atoms with Crippen LogP contribution in [0.15, 0.2) is 48.5 Å². The summed E-state index contributed by atoms with van der Waals surface area (Å²) in [5.74, 6) is 2.86. The predicted octanol–water partition coefficient (Wildman–Crippen LogP) is 4.91. The smallest absolute Gasteiger partial charge is 0.119 e. The van der Waals surface area contributed by atoms with Crippen LogP contribution in [-0.2, 0) is 5.75 Å². The highest BCUT2D eigenvalue weighted by molar-refractivity contribution is 7.98. The van der Waals surface area contributed by atoms with Crippen LogP contribution >= 0.6 is 23.4 Å². The first-order chi connectivity index (χ1) is 10.3. The Labute approximate surface area is 134 Å². The van der Waals surface area contributed by atoms with Gasteiger partial charge in [-0.3, -0.25) is 0 Å². The molecular formula is C17H16ClNOS. The van der Waals surface area contributed by atoms with Crippen molar-refractivity contribution in [2.24, 2.45) is 0 Å². The third-order valence-electron chi connectivity index (χ3n) is 2.87. The average molecular weight is 318 g/mol. The number of hydrogen-bond donors (Lipinski definition) is 0. The van der Waals surface area contributed by atoms with Gasteiger partial charge in [0, 0.05) is 10.8 Å². The Hall–Kier alpha value is -1.63. The van der Waals surface area contributed by atoms with Gasteiger partial charge in [0.1, 0.15) is 5.75 Å². The number of rotatable bonds is 7. The topological polar surface area (TPSA) is 33.0 Å². The molecule has 2 nitrogen and oxygen atoms in total. The van der Waals surface area contributed by atoms with E-state index in [-0.39, 0.29) is 0 Å². The van der Waals surface area contributed by atoms with Crippen molar-refractivity contribution < 1.29 is 4.74 Å². The van der Waals surface area contributed by atoms with Crippen LogP contribution in [0.4, 0.5) is 0 Å². The maximum Gasteiger partial charge on any atom is 0.119 e. The molecule has 0 unspecified atom stereocenters. The van der Waals surface area contributed by atoms with Crippen LogP contribution < -0.4 is 4.74 Å². The largest absolute Gasteiger partial charge is 0.494 e. The minimum Gasteiger partial charge on any atom is -0.494 e. The summed E-state index contributed by atoms with van der Waals surface area (Å²) >= 11 is 7.74. The fraction of sp³-hybridized carbons (Fsp3) is 0.235. The second-order valence-electron chi connectivity index (χ2n) is 4.52. The Bertz CT molecular complexity index is 590. The van der Waals surface area contributed by atoms with E-state index < -0.39 is 0 Å². The van der Waals surface area contributed by atoms with Crippen molar-refractivity contribution in [2.75, 3.05) is 12.4 Å². The molecule has 0 aliphatic carbocycles. The molecule has 0 fully saturated rings. The molecule has 0 aromatic heterocycles. The van der Waals surface area contributed by atoms with Crippen molar-refractivity contribution in [3.8, 4) is 11.8 Å². The SMILES string of the molecule is N#Cc1ccc(OCCCSCc2ccc(Cl)cc2)cc1. The molecule has 4 heteroatoms. The summed E-state index contributed by atoms with van der Waals surface area (Å²) in [5.41, 5.74) is 1.94. The van der Waals surface area contributed by atoms with Gasteiger partial charge in [0.25, 0.3) is 0 Å². The maximum absolute atomic E-state index is 8.71. The van der Waals surface area contributed by atoms with Gasteiger partial charge in [-0.1, -0.05) is 23.7 Å². The van der Waals surface area contributed by atoms with Crippen molar-refractivity contribution in [1.29, 1.82) is 5.26 Å². The van der Waals surface area contributed by atoms with Gasteiger partial charge in [-0.2, -0.15) is 17.0 Å². The van der Waals surface area contributed by atoms with E-state index in [4.69, 9.17) is 21.6 Å². The first-order valence-electron chi connectivity index (χ1n) is 6.73. The van der Waals surface area contributed by atoms with Crippen molar-refractivity contribution in [2.45, 2.75) is 12.2 Å². The summed E-state index contributed by atoms with van der Waals surface area (Å²) in [6.45, 7) is 0.694. The molecule has 0 saturated heterocycles. The Kier molecular flexibility index (Phi) is 6.46. The molecule has 0 N–H and O–H groups in total. The third-order valence-corrected chi connectivity index (χ3v) is 4.23. The lowest BCUT2D eigenvalue weighted by Crippen LogP contribution is -1.98. The molecule has 2 aromatic rings. The van der Waals surface area contributed by atoms with Crippen LogP contribution in [0.2, 0.25) is 5.02 Å². The van der Waals surface area contributed by atoms with Crippen LogP contribution in [-0.4, -0.2) is 12.4 Å². The lowest BCUT2D eigenvalue weighted by atomic mass is 10.2. The average Bonchev–Trinajstić information content (AvgIpc) is 2.53. The van der Waals surface area contributed by atoms with Gasteiger partial charge >= 0.3 is 0 Å². The molecule has 0 heterocycles. The molecule has 0 bridgehead atoms. The second-order valence-corrected chi connectivity index (χ2v) is 6.06. The first-order valence-corrected chi connectivity index (χ1v) is 8.26. The number of nitriles is 1. The molecular weight excluding hydrogens is 302 g/mol. The summed E-state index contributed by atoms with van der Waals surface area (Å²) < 4.78 is 5.63. The monoisotopic (exact) mass is 317 g/mol. The van der Waals surface area contributed by atoms with Gasteiger partial charge < -0.3 is 4.74 Å². The normalized spacial score (nSPS) is 10.1. The molecule has 0 aliphatic rings. The van der Waals surface area contributed by atoms with E-state index in [1.165, 1.54) is 5.56 Å². The highest BCUT2D eigenvalue weighted by atomic mass is 35.5. The molecule has 0 amide bonds. The summed E-state index contributed by atoms with van der Waals surface area (Å²) in [5, 5.41) is 9.49. The van der Waals surface area contributed by atoms with E-state index in [0.29, 0.717) is 12.2 Å². The lowest BCUT2D eigenvalue weighted by Gasteiger charge is -2.06. The van der Waals surface area contributed by atoms with E-state index in [2.05, 4.69) is 18.2 Å². The Morgan fingerprint density at radius 3 is 2.43 bits per heavy atom. The molecule has 0 spiro atoms. The van der Waals surface area contributed by atoms with Crippen LogP contribution in [0.25, 0.3) is 0 Å². The molecule has 0 aliphatic heterocycles. The van der Waals surface area contributed by atoms with Crippen LogP contribution in [0.3, 0.4) is 0 Å². The molecule has 21 heavy (non-hydrogen) atoms. The van der Waals surface area contributed by atoms with Gasteiger partial charge in [0.2, 0.25) is 0 Å². The summed E-state index contributed by atoms with van der Waals surface area (Å²) in [7, 11) is 0. The number of halogens is 1. The highest BCUT2D eigenvalue weighted by Crippen LogP contribution is 2.16. The van der Waals surface area contributed by atoms with Gasteiger partial charge in [-0.05, 0) is 54.1 Å². The zero-order valence-corrected chi connectivity index (χ0v) is 13.2. The van der Waals surface area contributed by atoms with E-state index in [0.717, 1.165) is 28.7 Å². The third kappa shape index (κ3) is 5.71. The number of benzene rings is 2. The van der Waals surface area contributed by atoms with Gasteiger partial charge in [-0.15, -0.1) is 0 Å². The van der Waals surface area contributed by atoms with Gasteiger partial charge in [0.15, 0.2) is 0 Å². The molecule has 108 valence electrons. The second kappa shape index (κ2) is 8.61. The van der Waals surface area contributed by atoms with Crippen molar-refractivity contribution in [3.05, 3.63) is 64.7 Å². The molecule has 2 rings (SSSR count). The zero-order valence-electron chi connectivity index (χ0n) is 11.6. The zero-order chi connectivity index (χ0) is 14.9. The standard InChI is InChI=1S/C17H16ClNOS/c18-16-6-2-15(3-7-16)13-21-11-1-10-20-17-8-4-14(12-19)5-9-17/h2-9H,1,10-11,13H2. The Balaban J connectivity index is 1.59. The summed E-state index contributed by atoms with van der Waals surface area (Å²) in [4.78, 5) is 0. The minimum absolute atomic E-state index is 0.654. The summed E-state index contributed by atoms with van der Waals surface area (Å²) in [6, 6.07) is 17.3. The van der Waals surface area contributed by atoms with Crippen molar-refractivity contribution in [1.82, 2.24) is 0 Å². The van der Waals surface area contributed by atoms with Crippen LogP contribution in [0, 0.1) is 11.3 Å². The van der Waals surface area contributed by atoms with Crippen molar-refractivity contribution >= 4 is 23.4 Å². The summed E-state index contributed by atoms with van der Waals surface area (Å²) in [6.07, 6.45) is 0.998. The van der Waals surface area contributed by atoms with Crippen LogP contribution in [0.1, 0.15) is 17.5 Å². The number of thioether (sulfide) groups is 1. The molecule has 0 radical (unpaired) electrons. The molecule has 2 aromatic carbocycles. The highest BCUT2D eigenvalue weighted by Gasteiger charge is 1.97. The fourth-order valence-electron chi connectivity index (χ4n) is 1.75. The quantitative estimate of drug-likeness (QED) is 0.680. The van der Waals surface area contributed by atoms with E-state index >= 15 is 0 Å². The molecule has 0 atom stereocenters. The van der Waals surface area contributed by atoms with E-state index in [1.54, 1.807) is 12.1 Å². The van der Waals surface area contributed by atoms with E-state index in [1.807, 2.05) is 36.0 Å². The number of nitrogens with zero attached hydrogens (tertiary/aromatic N) is 1. The minimum atomic E-state index is 0.654. The number of ether oxygens (including phenoxy) is 1. The molecule has 0 saturated carbocycles. The Morgan fingerprint density at radius 2 is 1.76 bits per heavy atom. The predicted molar refractivity (Wildman–Crippen MR) is 88.9 cm³/mol. The first kappa shape index (κ1) is 15.8. The van der Waals surface area contributed by atoms with E-state index in [9.17, 15) is 0 Å². The fourth-order valence-corrected chi connectivity index (χ4v) is 2.77. The lowest BCUT2D eigenvalue weighted by molar-refractivity contribution is 0.318. The maximum atomic E-state index is 8.71.